The van der Waals surface area contributed by atoms with Crippen molar-refractivity contribution in [1.29, 1.82) is 0 Å². The van der Waals surface area contributed by atoms with Crippen LogP contribution < -0.4 is 15.4 Å². The molecule has 1 atom stereocenters. The maximum Gasteiger partial charge on any atom is 0.490 e. The van der Waals surface area contributed by atoms with Crippen LogP contribution >= 0.6 is 0 Å². The number of carboxylic acid groups (broad SMARTS) is 1. The largest absolute Gasteiger partial charge is 0.490 e. The number of alkyl halides is 3. The fourth-order valence-corrected chi connectivity index (χ4v) is 4.37. The van der Waals surface area contributed by atoms with Crippen molar-refractivity contribution >= 4 is 11.9 Å². The summed E-state index contributed by atoms with van der Waals surface area (Å²) in [6, 6.07) is 28.5. The molecule has 0 radical (unpaired) electrons. The Kier molecular flexibility index (Phi) is 10.5. The van der Waals surface area contributed by atoms with Crippen molar-refractivity contribution in [2.75, 3.05) is 13.6 Å². The Bertz CT molecular complexity index is 1180. The molecular formula is C30H33F3N2O4. The molecule has 39 heavy (non-hydrogen) atoms. The Balaban J connectivity index is 0.000000532. The van der Waals surface area contributed by atoms with Gasteiger partial charge in [0.15, 0.2) is 0 Å². The third kappa shape index (κ3) is 8.85. The minimum Gasteiger partial charge on any atom is -0.489 e. The van der Waals surface area contributed by atoms with Gasteiger partial charge in [0.25, 0.3) is 0 Å². The highest BCUT2D eigenvalue weighted by molar-refractivity contribution is 5.82. The van der Waals surface area contributed by atoms with Gasteiger partial charge in [0.05, 0.1) is 6.04 Å². The van der Waals surface area contributed by atoms with Gasteiger partial charge in [0.1, 0.15) is 12.4 Å². The van der Waals surface area contributed by atoms with Crippen molar-refractivity contribution < 1.29 is 32.6 Å². The number of carbonyl (C=O) groups excluding carboxylic acids is 1. The highest BCUT2D eigenvalue weighted by Gasteiger charge is 2.39. The van der Waals surface area contributed by atoms with Crippen molar-refractivity contribution in [3.05, 3.63) is 102 Å². The van der Waals surface area contributed by atoms with Crippen molar-refractivity contribution in [2.24, 2.45) is 0 Å². The van der Waals surface area contributed by atoms with Gasteiger partial charge in [-0.25, -0.2) is 4.79 Å². The molecule has 1 saturated carbocycles. The molecule has 1 aliphatic rings. The molecule has 0 spiro atoms. The van der Waals surface area contributed by atoms with Crippen LogP contribution in [-0.2, 0) is 28.0 Å². The lowest BCUT2D eigenvalue weighted by Crippen LogP contribution is -2.50. The number of amides is 1. The molecule has 0 heterocycles. The van der Waals surface area contributed by atoms with Gasteiger partial charge in [-0.1, -0.05) is 79.2 Å². The van der Waals surface area contributed by atoms with Gasteiger partial charge < -0.3 is 20.5 Å². The molecule has 9 heteroatoms. The summed E-state index contributed by atoms with van der Waals surface area (Å²) in [6.45, 7) is 1.24. The quantitative estimate of drug-likeness (QED) is 0.325. The van der Waals surface area contributed by atoms with E-state index in [2.05, 4.69) is 47.0 Å². The fraction of sp³-hybridized carbons (Fsp3) is 0.333. The third-order valence-electron chi connectivity index (χ3n) is 6.82. The zero-order valence-electron chi connectivity index (χ0n) is 21.7. The first-order chi connectivity index (χ1) is 18.6. The van der Waals surface area contributed by atoms with Crippen molar-refractivity contribution in [3.63, 3.8) is 0 Å². The number of halogens is 3. The van der Waals surface area contributed by atoms with Gasteiger partial charge in [0, 0.05) is 12.0 Å². The number of likely N-dealkylation sites (N-methyl/N-ethyl adjacent to an activating group) is 1. The predicted octanol–water partition coefficient (Wildman–Crippen LogP) is 5.27. The van der Waals surface area contributed by atoms with Crippen molar-refractivity contribution in [2.45, 2.75) is 49.9 Å². The lowest BCUT2D eigenvalue weighted by Gasteiger charge is -2.43. The Labute approximate surface area is 226 Å². The molecule has 3 N–H and O–H groups in total. The molecule has 0 aliphatic heterocycles. The number of carbonyl (C=O) groups is 2. The topological polar surface area (TPSA) is 87.7 Å². The SMILES string of the molecule is CN[C@@H](Cc1ccc(OCc2ccccc2)cc1)C(=O)NCC1(c2ccccc2)CCC1.O=C(O)C(F)(F)F. The van der Waals surface area contributed by atoms with E-state index >= 15 is 0 Å². The predicted molar refractivity (Wildman–Crippen MR) is 142 cm³/mol. The highest BCUT2D eigenvalue weighted by Crippen LogP contribution is 2.43. The summed E-state index contributed by atoms with van der Waals surface area (Å²) >= 11 is 0. The van der Waals surface area contributed by atoms with Gasteiger partial charge in [-0.15, -0.1) is 0 Å². The summed E-state index contributed by atoms with van der Waals surface area (Å²) in [5.41, 5.74) is 3.67. The normalized spacial score (nSPS) is 14.7. The molecule has 1 fully saturated rings. The Morgan fingerprint density at radius 1 is 0.923 bits per heavy atom. The van der Waals surface area contributed by atoms with E-state index < -0.39 is 12.1 Å². The van der Waals surface area contributed by atoms with Crippen LogP contribution in [0.15, 0.2) is 84.9 Å². The first kappa shape index (κ1) is 29.7. The molecule has 0 saturated heterocycles. The Hall–Kier alpha value is -3.85. The van der Waals surface area contributed by atoms with Gasteiger partial charge >= 0.3 is 12.1 Å². The van der Waals surface area contributed by atoms with Crippen molar-refractivity contribution in [3.8, 4) is 5.75 Å². The number of carboxylic acids is 1. The number of aliphatic carboxylic acids is 1. The Morgan fingerprint density at radius 2 is 1.49 bits per heavy atom. The molecule has 1 aliphatic carbocycles. The first-order valence-electron chi connectivity index (χ1n) is 12.7. The van der Waals surface area contributed by atoms with Gasteiger partial charge in [-0.05, 0) is 55.1 Å². The Morgan fingerprint density at radius 3 is 1.97 bits per heavy atom. The van der Waals surface area contributed by atoms with E-state index in [1.165, 1.54) is 12.0 Å². The molecule has 0 bridgehead atoms. The van der Waals surface area contributed by atoms with Gasteiger partial charge in [-0.2, -0.15) is 13.2 Å². The summed E-state index contributed by atoms with van der Waals surface area (Å²) in [5.74, 6) is -1.87. The minimum absolute atomic E-state index is 0.0547. The first-order valence-corrected chi connectivity index (χ1v) is 12.7. The van der Waals surface area contributed by atoms with E-state index in [0.717, 1.165) is 29.7 Å². The second kappa shape index (κ2) is 13.8. The standard InChI is InChI=1S/C28H32N2O2.C2HF3O2/c1-29-26(27(31)30-21-28(17-8-18-28)24-11-6-3-7-12-24)19-22-13-15-25(16-14-22)32-20-23-9-4-2-5-10-23;3-2(4,5)1(6)7/h2-7,9-16,26,29H,8,17-21H2,1H3,(H,30,31);(H,6,7)/t26-;/m0./s1. The van der Waals surface area contributed by atoms with Crippen LogP contribution in [0, 0.1) is 0 Å². The van der Waals surface area contributed by atoms with Crippen LogP contribution in [0.5, 0.6) is 5.75 Å². The number of benzene rings is 3. The van der Waals surface area contributed by atoms with E-state index in [1.54, 1.807) is 0 Å². The van der Waals surface area contributed by atoms with Gasteiger partial charge in [0.2, 0.25) is 5.91 Å². The van der Waals surface area contributed by atoms with Crippen LogP contribution in [0.3, 0.4) is 0 Å². The third-order valence-corrected chi connectivity index (χ3v) is 6.82. The van der Waals surface area contributed by atoms with E-state index in [-0.39, 0.29) is 17.4 Å². The summed E-state index contributed by atoms with van der Waals surface area (Å²) in [7, 11) is 1.85. The summed E-state index contributed by atoms with van der Waals surface area (Å²) < 4.78 is 37.6. The maximum absolute atomic E-state index is 12.9. The van der Waals surface area contributed by atoms with Crippen LogP contribution in [0.4, 0.5) is 13.2 Å². The second-order valence-electron chi connectivity index (χ2n) is 9.48. The number of ether oxygens (including phenoxy) is 1. The van der Waals surface area contributed by atoms with Gasteiger partial charge in [-0.3, -0.25) is 4.79 Å². The maximum atomic E-state index is 12.9. The molecule has 6 nitrogen and oxygen atoms in total. The average molecular weight is 543 g/mol. The molecular weight excluding hydrogens is 509 g/mol. The minimum atomic E-state index is -5.08. The van der Waals surface area contributed by atoms with E-state index in [1.807, 2.05) is 55.6 Å². The van der Waals surface area contributed by atoms with Crippen LogP contribution in [0.1, 0.15) is 36.0 Å². The monoisotopic (exact) mass is 542 g/mol. The number of nitrogens with one attached hydrogen (secondary N) is 2. The van der Waals surface area contributed by atoms with Crippen LogP contribution in [-0.4, -0.2) is 42.8 Å². The zero-order valence-corrected chi connectivity index (χ0v) is 21.7. The smallest absolute Gasteiger partial charge is 0.489 e. The molecule has 0 unspecified atom stereocenters. The highest BCUT2D eigenvalue weighted by atomic mass is 19.4. The second-order valence-corrected chi connectivity index (χ2v) is 9.48. The van der Waals surface area contributed by atoms with E-state index in [0.29, 0.717) is 19.6 Å². The molecule has 208 valence electrons. The fourth-order valence-electron chi connectivity index (χ4n) is 4.37. The number of hydrogen-bond donors (Lipinski definition) is 3. The molecule has 4 rings (SSSR count). The molecule has 3 aromatic rings. The molecule has 0 aromatic heterocycles. The lowest BCUT2D eigenvalue weighted by molar-refractivity contribution is -0.192. The number of rotatable bonds is 10. The summed E-state index contributed by atoms with van der Waals surface area (Å²) in [5, 5.41) is 13.5. The van der Waals surface area contributed by atoms with Crippen LogP contribution in [0.2, 0.25) is 0 Å². The lowest BCUT2D eigenvalue weighted by atomic mass is 9.64. The zero-order chi connectivity index (χ0) is 28.3. The molecule has 1 amide bonds. The molecule has 3 aromatic carbocycles. The van der Waals surface area contributed by atoms with E-state index in [4.69, 9.17) is 14.6 Å². The summed E-state index contributed by atoms with van der Waals surface area (Å²) in [4.78, 5) is 21.8. The summed E-state index contributed by atoms with van der Waals surface area (Å²) in [6.07, 6.45) is -0.962. The van der Waals surface area contributed by atoms with Crippen molar-refractivity contribution in [1.82, 2.24) is 10.6 Å². The number of hydrogen-bond acceptors (Lipinski definition) is 4. The average Bonchev–Trinajstić information content (AvgIpc) is 2.91. The van der Waals surface area contributed by atoms with E-state index in [9.17, 15) is 18.0 Å². The van der Waals surface area contributed by atoms with Crippen LogP contribution in [0.25, 0.3) is 0 Å².